The van der Waals surface area contributed by atoms with E-state index in [4.69, 9.17) is 9.15 Å². The minimum Gasteiger partial charge on any atom is -0.472 e. The predicted molar refractivity (Wildman–Crippen MR) is 129 cm³/mol. The quantitative estimate of drug-likeness (QED) is 0.287. The van der Waals surface area contributed by atoms with Crippen LogP contribution in [0.2, 0.25) is 0 Å². The molecule has 0 radical (unpaired) electrons. The van der Waals surface area contributed by atoms with Crippen LogP contribution < -0.4 is 4.74 Å². The fourth-order valence-electron chi connectivity index (χ4n) is 3.44. The zero-order valence-electron chi connectivity index (χ0n) is 18.0. The maximum absolute atomic E-state index is 12.8. The first-order valence-electron chi connectivity index (χ1n) is 10.3. The van der Waals surface area contributed by atoms with Crippen molar-refractivity contribution in [3.8, 4) is 40.0 Å². The van der Waals surface area contributed by atoms with Crippen LogP contribution in [0.3, 0.4) is 0 Å². The predicted octanol–water partition coefficient (Wildman–Crippen LogP) is 5.50. The highest BCUT2D eigenvalue weighted by atomic mass is 32.2. The number of hydrogen-bond donors (Lipinski definition) is 0. The Bertz CT molecular complexity index is 1610. The summed E-state index contributed by atoms with van der Waals surface area (Å²) in [4.78, 5) is 8.46. The van der Waals surface area contributed by atoms with Gasteiger partial charge in [-0.05, 0) is 41.9 Å². The van der Waals surface area contributed by atoms with E-state index in [1.807, 2.05) is 42.5 Å². The van der Waals surface area contributed by atoms with Gasteiger partial charge in [0.25, 0.3) is 0 Å². The molecule has 0 aliphatic heterocycles. The number of benzene rings is 2. The summed E-state index contributed by atoms with van der Waals surface area (Å²) < 4.78 is 40.7. The van der Waals surface area contributed by atoms with Gasteiger partial charge in [-0.2, -0.15) is 9.64 Å². The van der Waals surface area contributed by atoms with Gasteiger partial charge in [-0.25, -0.2) is 13.4 Å². The van der Waals surface area contributed by atoms with Crippen LogP contribution in [0.5, 0.6) is 11.5 Å². The second kappa shape index (κ2) is 9.50. The molecule has 0 aliphatic rings. The Morgan fingerprint density at radius 1 is 1.00 bits per heavy atom. The van der Waals surface area contributed by atoms with Gasteiger partial charge in [0.1, 0.15) is 28.9 Å². The van der Waals surface area contributed by atoms with Crippen LogP contribution in [-0.2, 0) is 15.6 Å². The second-order valence-corrected chi connectivity index (χ2v) is 10.3. The number of ether oxygens (including phenoxy) is 1. The number of sulfone groups is 1. The first kappa shape index (κ1) is 22.5. The molecular weight excluding hydrogens is 484 g/mol. The maximum Gasteiger partial charge on any atom is 0.185 e. The lowest BCUT2D eigenvalue weighted by molar-refractivity contribution is 0.480. The van der Waals surface area contributed by atoms with E-state index < -0.39 is 9.84 Å². The zero-order chi connectivity index (χ0) is 24.3. The lowest BCUT2D eigenvalue weighted by atomic mass is 10.0. The van der Waals surface area contributed by atoms with Gasteiger partial charge >= 0.3 is 0 Å². The molecule has 0 aliphatic carbocycles. The van der Waals surface area contributed by atoms with Crippen LogP contribution in [0, 0.1) is 11.3 Å². The van der Waals surface area contributed by atoms with Gasteiger partial charge in [0.05, 0.1) is 34.9 Å². The molecule has 3 aromatic heterocycles. The number of rotatable bonds is 7. The maximum atomic E-state index is 12.8. The Kier molecular flexibility index (Phi) is 6.10. The van der Waals surface area contributed by atoms with E-state index in [1.54, 1.807) is 24.8 Å². The normalized spacial score (nSPS) is 11.2. The van der Waals surface area contributed by atoms with Crippen molar-refractivity contribution in [1.29, 1.82) is 5.26 Å². The van der Waals surface area contributed by atoms with Crippen molar-refractivity contribution in [2.75, 3.05) is 0 Å². The van der Waals surface area contributed by atoms with Crippen molar-refractivity contribution < 1.29 is 17.6 Å². The van der Waals surface area contributed by atoms with Crippen LogP contribution >= 0.6 is 11.5 Å². The Morgan fingerprint density at radius 3 is 2.57 bits per heavy atom. The molecule has 0 N–H and O–H groups in total. The van der Waals surface area contributed by atoms with Crippen molar-refractivity contribution in [2.45, 2.75) is 10.6 Å². The molecule has 0 spiro atoms. The van der Waals surface area contributed by atoms with Gasteiger partial charge in [0.15, 0.2) is 15.6 Å². The number of hydrogen-bond acceptors (Lipinski definition) is 9. The lowest BCUT2D eigenvalue weighted by Gasteiger charge is -2.13. The minimum atomic E-state index is -3.71. The molecule has 0 saturated carbocycles. The molecular formula is C25H16N4O4S2. The van der Waals surface area contributed by atoms with Crippen LogP contribution in [0.25, 0.3) is 22.4 Å². The highest BCUT2D eigenvalue weighted by molar-refractivity contribution is 7.90. The Labute approximate surface area is 205 Å². The Balaban J connectivity index is 1.50. The summed E-state index contributed by atoms with van der Waals surface area (Å²) in [6.07, 6.45) is 6.03. The SMILES string of the molecule is N#Cc1cc(S(=O)(=O)Cc2ncns2)ccc1Oc1cnc(-c2ccccc2)cc1-c1ccoc1. The van der Waals surface area contributed by atoms with Crippen molar-refractivity contribution in [3.63, 3.8) is 0 Å². The number of aromatic nitrogens is 3. The van der Waals surface area contributed by atoms with Gasteiger partial charge in [-0.3, -0.25) is 4.98 Å². The van der Waals surface area contributed by atoms with E-state index in [1.165, 1.54) is 24.5 Å². The molecule has 0 unspecified atom stereocenters. The number of furan rings is 1. The van der Waals surface area contributed by atoms with Gasteiger partial charge in [0, 0.05) is 16.7 Å². The molecule has 5 rings (SSSR count). The zero-order valence-corrected chi connectivity index (χ0v) is 19.7. The van der Waals surface area contributed by atoms with Crippen LogP contribution in [0.15, 0.2) is 95.0 Å². The summed E-state index contributed by atoms with van der Waals surface area (Å²) in [6, 6.07) is 19.6. The fourth-order valence-corrected chi connectivity index (χ4v) is 5.56. The van der Waals surface area contributed by atoms with Crippen molar-refractivity contribution >= 4 is 21.4 Å². The molecule has 0 saturated heterocycles. The van der Waals surface area contributed by atoms with Crippen LogP contribution in [0.4, 0.5) is 0 Å². The third kappa shape index (κ3) is 4.82. The highest BCUT2D eigenvalue weighted by Crippen LogP contribution is 2.37. The Morgan fingerprint density at radius 2 is 1.86 bits per heavy atom. The second-order valence-electron chi connectivity index (χ2n) is 7.41. The number of nitriles is 1. The number of nitrogens with zero attached hydrogens (tertiary/aromatic N) is 4. The smallest absolute Gasteiger partial charge is 0.185 e. The molecule has 172 valence electrons. The third-order valence-corrected chi connectivity index (χ3v) is 7.61. The first-order valence-corrected chi connectivity index (χ1v) is 12.7. The molecule has 0 fully saturated rings. The third-order valence-electron chi connectivity index (χ3n) is 5.14. The van der Waals surface area contributed by atoms with E-state index in [9.17, 15) is 13.7 Å². The number of pyridine rings is 1. The standard InChI is InChI=1S/C25H16N4O4S2/c26-12-19-10-20(35(30,31)15-25-28-16-29-34-25)6-7-23(19)33-24-13-27-22(17-4-2-1-3-5-17)11-21(24)18-8-9-32-14-18/h1-11,13-14,16H,15H2. The van der Waals surface area contributed by atoms with Gasteiger partial charge < -0.3 is 9.15 Å². The molecule has 8 nitrogen and oxygen atoms in total. The molecule has 0 bridgehead atoms. The van der Waals surface area contributed by atoms with Gasteiger partial charge in [-0.1, -0.05) is 30.3 Å². The van der Waals surface area contributed by atoms with Gasteiger partial charge in [-0.15, -0.1) is 0 Å². The molecule has 10 heteroatoms. The average molecular weight is 501 g/mol. The molecule has 0 amide bonds. The summed E-state index contributed by atoms with van der Waals surface area (Å²) in [5.74, 6) is 0.312. The molecule has 0 atom stereocenters. The molecule has 5 aromatic rings. The van der Waals surface area contributed by atoms with E-state index >= 15 is 0 Å². The van der Waals surface area contributed by atoms with Crippen LogP contribution in [-0.4, -0.2) is 22.8 Å². The fraction of sp³-hybridized carbons (Fsp3) is 0.0400. The molecule has 2 aromatic carbocycles. The van der Waals surface area contributed by atoms with Gasteiger partial charge in [0.2, 0.25) is 0 Å². The van der Waals surface area contributed by atoms with Crippen LogP contribution in [0.1, 0.15) is 10.6 Å². The van der Waals surface area contributed by atoms with Crippen molar-refractivity contribution in [1.82, 2.24) is 14.3 Å². The molecule has 3 heterocycles. The van der Waals surface area contributed by atoms with E-state index in [-0.39, 0.29) is 22.0 Å². The summed E-state index contributed by atoms with van der Waals surface area (Å²) in [5.41, 5.74) is 3.24. The molecule has 35 heavy (non-hydrogen) atoms. The summed E-state index contributed by atoms with van der Waals surface area (Å²) >= 11 is 1.01. The largest absolute Gasteiger partial charge is 0.472 e. The lowest BCUT2D eigenvalue weighted by Crippen LogP contribution is -2.05. The van der Waals surface area contributed by atoms with E-state index in [2.05, 4.69) is 14.3 Å². The van der Waals surface area contributed by atoms with E-state index in [0.717, 1.165) is 28.4 Å². The summed E-state index contributed by atoms with van der Waals surface area (Å²) in [7, 11) is -3.71. The van der Waals surface area contributed by atoms with Crippen molar-refractivity contribution in [2.24, 2.45) is 0 Å². The first-order chi connectivity index (χ1) is 17.0. The summed E-state index contributed by atoms with van der Waals surface area (Å²) in [5, 5.41) is 10.1. The monoisotopic (exact) mass is 500 g/mol. The topological polar surface area (TPSA) is 119 Å². The summed E-state index contributed by atoms with van der Waals surface area (Å²) in [6.45, 7) is 0. The van der Waals surface area contributed by atoms with Crippen molar-refractivity contribution in [3.05, 3.63) is 96.3 Å². The minimum absolute atomic E-state index is 0.00390. The average Bonchev–Trinajstić information content (AvgIpc) is 3.59. The highest BCUT2D eigenvalue weighted by Gasteiger charge is 2.20. The Hall–Kier alpha value is -4.33. The van der Waals surface area contributed by atoms with E-state index in [0.29, 0.717) is 16.3 Å².